The van der Waals surface area contributed by atoms with Crippen LogP contribution in [0.2, 0.25) is 0 Å². The summed E-state index contributed by atoms with van der Waals surface area (Å²) in [6, 6.07) is 0.486. The number of thioether (sulfide) groups is 1. The molecule has 0 unspecified atom stereocenters. The molecule has 0 bridgehead atoms. The Morgan fingerprint density at radius 2 is 2.11 bits per heavy atom. The minimum absolute atomic E-state index is 0.297. The van der Waals surface area contributed by atoms with Gasteiger partial charge in [0, 0.05) is 11.3 Å². The van der Waals surface area contributed by atoms with Crippen molar-refractivity contribution in [2.75, 3.05) is 18.7 Å². The van der Waals surface area contributed by atoms with E-state index in [1.54, 1.807) is 0 Å². The first kappa shape index (κ1) is 14.7. The molecule has 1 fully saturated rings. The summed E-state index contributed by atoms with van der Waals surface area (Å²) in [7, 11) is 1.40. The van der Waals surface area contributed by atoms with Gasteiger partial charge < -0.3 is 10.1 Å². The number of hydrogen-bond acceptors (Lipinski definition) is 6. The van der Waals surface area contributed by atoms with Crippen LogP contribution in [0.1, 0.15) is 41.0 Å². The SMILES string of the molecule is COC(=O)c1sc(NC2CCC(SC)CC2)nc1C. The Morgan fingerprint density at radius 3 is 2.68 bits per heavy atom. The van der Waals surface area contributed by atoms with E-state index in [0.29, 0.717) is 10.9 Å². The monoisotopic (exact) mass is 300 g/mol. The molecule has 19 heavy (non-hydrogen) atoms. The number of anilines is 1. The smallest absolute Gasteiger partial charge is 0.350 e. The van der Waals surface area contributed by atoms with Crippen molar-refractivity contribution in [2.45, 2.75) is 43.9 Å². The minimum atomic E-state index is -0.297. The molecule has 106 valence electrons. The van der Waals surface area contributed by atoms with Gasteiger partial charge in [-0.05, 0) is 38.9 Å². The molecule has 1 aromatic heterocycles. The van der Waals surface area contributed by atoms with Crippen molar-refractivity contribution in [3.05, 3.63) is 10.6 Å². The van der Waals surface area contributed by atoms with Gasteiger partial charge in [-0.2, -0.15) is 11.8 Å². The van der Waals surface area contributed by atoms with Gasteiger partial charge in [-0.15, -0.1) is 0 Å². The number of thiazole rings is 1. The fourth-order valence-corrected chi connectivity index (χ4v) is 4.06. The third kappa shape index (κ3) is 3.63. The number of ether oxygens (including phenoxy) is 1. The third-order valence-corrected chi connectivity index (χ3v) is 5.71. The van der Waals surface area contributed by atoms with Crippen molar-refractivity contribution in [2.24, 2.45) is 0 Å². The van der Waals surface area contributed by atoms with E-state index in [1.165, 1.54) is 44.1 Å². The van der Waals surface area contributed by atoms with E-state index in [1.807, 2.05) is 18.7 Å². The summed E-state index contributed by atoms with van der Waals surface area (Å²) in [5.74, 6) is -0.297. The highest BCUT2D eigenvalue weighted by Gasteiger charge is 2.22. The lowest BCUT2D eigenvalue weighted by atomic mass is 9.95. The maximum Gasteiger partial charge on any atom is 0.350 e. The second-order valence-electron chi connectivity index (χ2n) is 4.78. The summed E-state index contributed by atoms with van der Waals surface area (Å²) in [6.45, 7) is 1.85. The molecule has 2 rings (SSSR count). The van der Waals surface area contributed by atoms with Crippen LogP contribution < -0.4 is 5.32 Å². The Bertz CT molecular complexity index is 440. The lowest BCUT2D eigenvalue weighted by Gasteiger charge is -2.27. The highest BCUT2D eigenvalue weighted by atomic mass is 32.2. The van der Waals surface area contributed by atoms with E-state index in [9.17, 15) is 4.79 Å². The summed E-state index contributed by atoms with van der Waals surface area (Å²) in [6.07, 6.45) is 7.06. The number of aromatic nitrogens is 1. The molecule has 0 saturated heterocycles. The molecule has 0 atom stereocenters. The summed E-state index contributed by atoms with van der Waals surface area (Å²) >= 11 is 3.36. The fourth-order valence-electron chi connectivity index (χ4n) is 2.36. The molecule has 6 heteroatoms. The average molecular weight is 300 g/mol. The fraction of sp³-hybridized carbons (Fsp3) is 0.692. The van der Waals surface area contributed by atoms with E-state index in [0.717, 1.165) is 16.1 Å². The van der Waals surface area contributed by atoms with Crippen LogP contribution in [-0.4, -0.2) is 35.6 Å². The lowest BCUT2D eigenvalue weighted by molar-refractivity contribution is 0.0605. The Kier molecular flexibility index (Phi) is 5.10. The van der Waals surface area contributed by atoms with Crippen LogP contribution >= 0.6 is 23.1 Å². The Balaban J connectivity index is 1.95. The highest BCUT2D eigenvalue weighted by Crippen LogP contribution is 2.30. The molecule has 1 saturated carbocycles. The van der Waals surface area contributed by atoms with E-state index in [4.69, 9.17) is 4.74 Å². The van der Waals surface area contributed by atoms with Gasteiger partial charge in [0.15, 0.2) is 5.13 Å². The normalized spacial score (nSPS) is 23.1. The van der Waals surface area contributed by atoms with Gasteiger partial charge in [0.25, 0.3) is 0 Å². The molecule has 1 aliphatic carbocycles. The molecule has 1 aromatic rings. The number of esters is 1. The Labute approximate surface area is 122 Å². The van der Waals surface area contributed by atoms with Gasteiger partial charge in [0.05, 0.1) is 12.8 Å². The number of hydrogen-bond donors (Lipinski definition) is 1. The largest absolute Gasteiger partial charge is 0.465 e. The summed E-state index contributed by atoms with van der Waals surface area (Å²) in [4.78, 5) is 16.6. The molecule has 0 aromatic carbocycles. The van der Waals surface area contributed by atoms with E-state index in [2.05, 4.69) is 16.6 Å². The zero-order valence-electron chi connectivity index (χ0n) is 11.6. The van der Waals surface area contributed by atoms with Gasteiger partial charge in [0.2, 0.25) is 0 Å². The second kappa shape index (κ2) is 6.61. The van der Waals surface area contributed by atoms with Gasteiger partial charge in [-0.25, -0.2) is 9.78 Å². The number of carbonyl (C=O) groups is 1. The Hall–Kier alpha value is -0.750. The van der Waals surface area contributed by atoms with Gasteiger partial charge >= 0.3 is 5.97 Å². The molecule has 0 amide bonds. The molecule has 0 spiro atoms. The predicted molar refractivity (Wildman–Crippen MR) is 81.4 cm³/mol. The average Bonchev–Trinajstić information content (AvgIpc) is 2.79. The van der Waals surface area contributed by atoms with Crippen molar-refractivity contribution in [1.29, 1.82) is 0 Å². The first-order chi connectivity index (χ1) is 9.13. The van der Waals surface area contributed by atoms with Crippen molar-refractivity contribution in [3.8, 4) is 0 Å². The Morgan fingerprint density at radius 1 is 1.42 bits per heavy atom. The molecule has 4 nitrogen and oxygen atoms in total. The van der Waals surface area contributed by atoms with E-state index in [-0.39, 0.29) is 5.97 Å². The quantitative estimate of drug-likeness (QED) is 0.864. The van der Waals surface area contributed by atoms with Crippen LogP contribution in [0.15, 0.2) is 0 Å². The van der Waals surface area contributed by atoms with Crippen molar-refractivity contribution < 1.29 is 9.53 Å². The molecule has 1 heterocycles. The summed E-state index contributed by atoms with van der Waals surface area (Å²) < 4.78 is 4.75. The maximum atomic E-state index is 11.5. The lowest BCUT2D eigenvalue weighted by Crippen LogP contribution is -2.26. The van der Waals surface area contributed by atoms with Crippen molar-refractivity contribution in [1.82, 2.24) is 4.98 Å². The van der Waals surface area contributed by atoms with Crippen LogP contribution in [-0.2, 0) is 4.74 Å². The number of nitrogens with one attached hydrogen (secondary N) is 1. The number of nitrogens with zero attached hydrogens (tertiary/aromatic N) is 1. The van der Waals surface area contributed by atoms with E-state index < -0.39 is 0 Å². The molecular weight excluding hydrogens is 280 g/mol. The molecule has 0 radical (unpaired) electrons. The first-order valence-electron chi connectivity index (χ1n) is 6.49. The zero-order chi connectivity index (χ0) is 13.8. The number of carbonyl (C=O) groups excluding carboxylic acids is 1. The first-order valence-corrected chi connectivity index (χ1v) is 8.59. The zero-order valence-corrected chi connectivity index (χ0v) is 13.2. The minimum Gasteiger partial charge on any atom is -0.465 e. The van der Waals surface area contributed by atoms with Crippen LogP contribution in [0.3, 0.4) is 0 Å². The number of aryl methyl sites for hydroxylation is 1. The second-order valence-corrected chi connectivity index (χ2v) is 6.92. The van der Waals surface area contributed by atoms with Crippen LogP contribution in [0.25, 0.3) is 0 Å². The maximum absolute atomic E-state index is 11.5. The molecular formula is C13H20N2O2S2. The number of rotatable bonds is 4. The highest BCUT2D eigenvalue weighted by molar-refractivity contribution is 7.99. The van der Waals surface area contributed by atoms with Crippen LogP contribution in [0, 0.1) is 6.92 Å². The molecule has 1 aliphatic rings. The third-order valence-electron chi connectivity index (χ3n) is 3.50. The van der Waals surface area contributed by atoms with Crippen molar-refractivity contribution >= 4 is 34.2 Å². The number of methoxy groups -OCH3 is 1. The molecule has 0 aliphatic heterocycles. The van der Waals surface area contributed by atoms with Crippen LogP contribution in [0.5, 0.6) is 0 Å². The standard InChI is InChI=1S/C13H20N2O2S2/c1-8-11(12(16)17-2)19-13(14-8)15-9-4-6-10(18-3)7-5-9/h9-10H,4-7H2,1-3H3,(H,14,15). The van der Waals surface area contributed by atoms with Gasteiger partial charge in [-0.3, -0.25) is 0 Å². The summed E-state index contributed by atoms with van der Waals surface area (Å²) in [5, 5.41) is 5.10. The van der Waals surface area contributed by atoms with Crippen molar-refractivity contribution in [3.63, 3.8) is 0 Å². The predicted octanol–water partition coefficient (Wildman–Crippen LogP) is 3.32. The van der Waals surface area contributed by atoms with Gasteiger partial charge in [-0.1, -0.05) is 11.3 Å². The summed E-state index contributed by atoms with van der Waals surface area (Å²) in [5.41, 5.74) is 0.747. The van der Waals surface area contributed by atoms with Crippen LogP contribution in [0.4, 0.5) is 5.13 Å². The molecule has 1 N–H and O–H groups in total. The topological polar surface area (TPSA) is 51.2 Å². The van der Waals surface area contributed by atoms with E-state index >= 15 is 0 Å². The van der Waals surface area contributed by atoms with Gasteiger partial charge in [0.1, 0.15) is 4.88 Å².